The number of nitrogens with one attached hydrogen (secondary N) is 2. The third kappa shape index (κ3) is 6.05. The van der Waals surface area contributed by atoms with Crippen LogP contribution in [0.4, 0.5) is 5.69 Å². The highest BCUT2D eigenvalue weighted by molar-refractivity contribution is 5.92. The van der Waals surface area contributed by atoms with E-state index in [4.69, 9.17) is 4.74 Å². The Morgan fingerprint density at radius 1 is 1.32 bits per heavy atom. The van der Waals surface area contributed by atoms with Crippen molar-refractivity contribution in [2.75, 3.05) is 32.1 Å². The molecule has 1 fully saturated rings. The highest BCUT2D eigenvalue weighted by Crippen LogP contribution is 2.18. The third-order valence-electron chi connectivity index (χ3n) is 4.24. The lowest BCUT2D eigenvalue weighted by molar-refractivity contribution is -0.129. The first-order valence-electron chi connectivity index (χ1n) is 8.75. The van der Waals surface area contributed by atoms with Crippen molar-refractivity contribution in [2.24, 2.45) is 5.41 Å². The van der Waals surface area contributed by atoms with Gasteiger partial charge < -0.3 is 15.4 Å². The summed E-state index contributed by atoms with van der Waals surface area (Å²) < 4.78 is 5.16. The molecule has 6 nitrogen and oxygen atoms in total. The van der Waals surface area contributed by atoms with Crippen molar-refractivity contribution < 1.29 is 14.3 Å². The van der Waals surface area contributed by atoms with E-state index in [1.54, 1.807) is 13.2 Å². The van der Waals surface area contributed by atoms with Crippen LogP contribution in [0.15, 0.2) is 24.3 Å². The average Bonchev–Trinajstić information content (AvgIpc) is 2.54. The van der Waals surface area contributed by atoms with Gasteiger partial charge in [0.2, 0.25) is 11.8 Å². The molecule has 0 bridgehead atoms. The first kappa shape index (κ1) is 19.2. The van der Waals surface area contributed by atoms with Crippen LogP contribution in [0.1, 0.15) is 33.6 Å². The number of ether oxygens (including phenoxy) is 1. The topological polar surface area (TPSA) is 70.7 Å². The number of hydrogen-bond acceptors (Lipinski definition) is 4. The Hall–Kier alpha value is -2.08. The Kier molecular flexibility index (Phi) is 6.42. The zero-order valence-corrected chi connectivity index (χ0v) is 15.6. The van der Waals surface area contributed by atoms with E-state index in [1.807, 2.05) is 39.0 Å². The standard InChI is InChI=1S/C19H29N3O3/c1-19(2,3)18(24)21-15-8-6-10-22(12-15)13-17(23)20-14-7-5-9-16(11-14)25-4/h5,7,9,11,15H,6,8,10,12-13H2,1-4H3,(H,20,23)(H,21,24). The predicted molar refractivity (Wildman–Crippen MR) is 98.7 cm³/mol. The lowest BCUT2D eigenvalue weighted by atomic mass is 9.94. The fraction of sp³-hybridized carbons (Fsp3) is 0.579. The minimum Gasteiger partial charge on any atom is -0.497 e. The van der Waals surface area contributed by atoms with Gasteiger partial charge in [-0.05, 0) is 31.5 Å². The Morgan fingerprint density at radius 2 is 2.08 bits per heavy atom. The molecule has 2 N–H and O–H groups in total. The molecule has 2 amide bonds. The van der Waals surface area contributed by atoms with E-state index in [9.17, 15) is 9.59 Å². The summed E-state index contributed by atoms with van der Waals surface area (Å²) in [6.07, 6.45) is 1.93. The molecule has 2 rings (SSSR count). The van der Waals surface area contributed by atoms with Crippen molar-refractivity contribution in [3.05, 3.63) is 24.3 Å². The second kappa shape index (κ2) is 8.34. The third-order valence-corrected chi connectivity index (χ3v) is 4.24. The SMILES string of the molecule is COc1cccc(NC(=O)CN2CCCC(NC(=O)C(C)(C)C)C2)c1. The molecule has 1 saturated heterocycles. The zero-order chi connectivity index (χ0) is 18.4. The molecule has 0 saturated carbocycles. The monoisotopic (exact) mass is 347 g/mol. The van der Waals surface area contributed by atoms with Gasteiger partial charge in [0.25, 0.3) is 0 Å². The van der Waals surface area contributed by atoms with Crippen LogP contribution in [0.2, 0.25) is 0 Å². The molecule has 0 aromatic heterocycles. The van der Waals surface area contributed by atoms with Crippen molar-refractivity contribution in [1.29, 1.82) is 0 Å². The molecular formula is C19H29N3O3. The molecule has 1 atom stereocenters. The van der Waals surface area contributed by atoms with Crippen LogP contribution in [0.3, 0.4) is 0 Å². The summed E-state index contributed by atoms with van der Waals surface area (Å²) in [7, 11) is 1.60. The van der Waals surface area contributed by atoms with Crippen LogP contribution in [-0.2, 0) is 9.59 Å². The molecule has 1 aliphatic heterocycles. The lowest BCUT2D eigenvalue weighted by Gasteiger charge is -2.34. The van der Waals surface area contributed by atoms with Gasteiger partial charge in [-0.15, -0.1) is 0 Å². The van der Waals surface area contributed by atoms with Gasteiger partial charge in [-0.1, -0.05) is 26.8 Å². The van der Waals surface area contributed by atoms with E-state index >= 15 is 0 Å². The zero-order valence-electron chi connectivity index (χ0n) is 15.6. The van der Waals surface area contributed by atoms with Gasteiger partial charge in [0.15, 0.2) is 0 Å². The predicted octanol–water partition coefficient (Wildman–Crippen LogP) is 2.26. The summed E-state index contributed by atoms with van der Waals surface area (Å²) in [5, 5.41) is 5.99. The Morgan fingerprint density at radius 3 is 2.76 bits per heavy atom. The number of nitrogens with zero attached hydrogens (tertiary/aromatic N) is 1. The van der Waals surface area contributed by atoms with E-state index in [2.05, 4.69) is 15.5 Å². The van der Waals surface area contributed by atoms with E-state index in [0.717, 1.165) is 25.1 Å². The molecule has 1 aromatic carbocycles. The van der Waals surface area contributed by atoms with E-state index in [0.29, 0.717) is 18.8 Å². The number of methoxy groups -OCH3 is 1. The number of piperidine rings is 1. The summed E-state index contributed by atoms with van der Waals surface area (Å²) in [4.78, 5) is 26.5. The highest BCUT2D eigenvalue weighted by atomic mass is 16.5. The van der Waals surface area contributed by atoms with Gasteiger partial charge in [0.1, 0.15) is 5.75 Å². The van der Waals surface area contributed by atoms with Crippen molar-refractivity contribution >= 4 is 17.5 Å². The maximum Gasteiger partial charge on any atom is 0.238 e. The second-order valence-corrected chi connectivity index (χ2v) is 7.58. The first-order chi connectivity index (χ1) is 11.8. The van der Waals surface area contributed by atoms with E-state index < -0.39 is 5.41 Å². The van der Waals surface area contributed by atoms with Crippen LogP contribution < -0.4 is 15.4 Å². The molecule has 1 aromatic rings. The number of likely N-dealkylation sites (tertiary alicyclic amines) is 1. The van der Waals surface area contributed by atoms with Gasteiger partial charge >= 0.3 is 0 Å². The normalized spacial score (nSPS) is 18.5. The van der Waals surface area contributed by atoms with Crippen molar-refractivity contribution in [2.45, 2.75) is 39.7 Å². The number of hydrogen-bond donors (Lipinski definition) is 2. The van der Waals surface area contributed by atoms with Crippen molar-refractivity contribution in [3.8, 4) is 5.75 Å². The van der Waals surface area contributed by atoms with Gasteiger partial charge in [-0.3, -0.25) is 14.5 Å². The molecule has 6 heteroatoms. The van der Waals surface area contributed by atoms with Crippen LogP contribution >= 0.6 is 0 Å². The number of rotatable bonds is 5. The summed E-state index contributed by atoms with van der Waals surface area (Å²) in [6.45, 7) is 7.61. The molecule has 1 aliphatic rings. The number of carbonyl (C=O) groups excluding carboxylic acids is 2. The van der Waals surface area contributed by atoms with Gasteiger partial charge in [0.05, 0.1) is 13.7 Å². The van der Waals surface area contributed by atoms with E-state index in [-0.39, 0.29) is 17.9 Å². The number of anilines is 1. The molecule has 138 valence electrons. The number of carbonyl (C=O) groups is 2. The minimum atomic E-state index is -0.397. The molecular weight excluding hydrogens is 318 g/mol. The van der Waals surface area contributed by atoms with Crippen LogP contribution in [-0.4, -0.2) is 49.5 Å². The second-order valence-electron chi connectivity index (χ2n) is 7.58. The summed E-state index contributed by atoms with van der Waals surface area (Å²) in [6, 6.07) is 7.41. The van der Waals surface area contributed by atoms with Crippen LogP contribution in [0.25, 0.3) is 0 Å². The first-order valence-corrected chi connectivity index (χ1v) is 8.75. The summed E-state index contributed by atoms with van der Waals surface area (Å²) in [5.41, 5.74) is 0.324. The fourth-order valence-corrected chi connectivity index (χ4v) is 2.82. The maximum absolute atomic E-state index is 12.3. The minimum absolute atomic E-state index is 0.0557. The molecule has 25 heavy (non-hydrogen) atoms. The van der Waals surface area contributed by atoms with Crippen LogP contribution in [0, 0.1) is 5.41 Å². The Labute approximate surface area is 149 Å². The molecule has 0 aliphatic carbocycles. The van der Waals surface area contributed by atoms with Gasteiger partial charge in [0, 0.05) is 29.8 Å². The van der Waals surface area contributed by atoms with Gasteiger partial charge in [-0.25, -0.2) is 0 Å². The smallest absolute Gasteiger partial charge is 0.238 e. The average molecular weight is 347 g/mol. The fourth-order valence-electron chi connectivity index (χ4n) is 2.82. The molecule has 0 radical (unpaired) electrons. The summed E-state index contributed by atoms with van der Waals surface area (Å²) in [5.74, 6) is 0.706. The van der Waals surface area contributed by atoms with Crippen molar-refractivity contribution in [1.82, 2.24) is 10.2 Å². The van der Waals surface area contributed by atoms with Crippen molar-refractivity contribution in [3.63, 3.8) is 0 Å². The molecule has 1 heterocycles. The summed E-state index contributed by atoms with van der Waals surface area (Å²) >= 11 is 0. The number of amides is 2. The quantitative estimate of drug-likeness (QED) is 0.857. The molecule has 0 spiro atoms. The lowest BCUT2D eigenvalue weighted by Crippen LogP contribution is -2.51. The van der Waals surface area contributed by atoms with Crippen LogP contribution in [0.5, 0.6) is 5.75 Å². The Balaban J connectivity index is 1.85. The Bertz CT molecular complexity index is 610. The maximum atomic E-state index is 12.3. The highest BCUT2D eigenvalue weighted by Gasteiger charge is 2.27. The van der Waals surface area contributed by atoms with E-state index in [1.165, 1.54) is 0 Å². The molecule has 1 unspecified atom stereocenters. The largest absolute Gasteiger partial charge is 0.497 e. The number of benzene rings is 1. The van der Waals surface area contributed by atoms with Gasteiger partial charge in [-0.2, -0.15) is 0 Å².